The van der Waals surface area contributed by atoms with Crippen LogP contribution in [-0.2, 0) is 17.7 Å². The summed E-state index contributed by atoms with van der Waals surface area (Å²) in [5.74, 6) is 6.57. The predicted molar refractivity (Wildman–Crippen MR) is 116 cm³/mol. The molecular formula is C24H23N3O4. The Hall–Kier alpha value is -3.47. The molecule has 3 heterocycles. The fraction of sp³-hybridized carbons (Fsp3) is 0.292. The van der Waals surface area contributed by atoms with E-state index in [0.717, 1.165) is 34.4 Å². The van der Waals surface area contributed by atoms with Gasteiger partial charge in [0.15, 0.2) is 0 Å². The number of pyridine rings is 1. The number of hydrogen-bond acceptors (Lipinski definition) is 6. The Labute approximate surface area is 180 Å². The molecule has 0 fully saturated rings. The van der Waals surface area contributed by atoms with E-state index < -0.39 is 0 Å². The third kappa shape index (κ3) is 5.00. The van der Waals surface area contributed by atoms with Crippen molar-refractivity contribution in [2.75, 3.05) is 19.8 Å². The molecule has 7 heteroatoms. The quantitative estimate of drug-likeness (QED) is 0.618. The minimum Gasteiger partial charge on any atom is -0.475 e. The van der Waals surface area contributed by atoms with Gasteiger partial charge >= 0.3 is 5.69 Å². The Morgan fingerprint density at radius 3 is 2.90 bits per heavy atom. The Morgan fingerprint density at radius 1 is 1.23 bits per heavy atom. The summed E-state index contributed by atoms with van der Waals surface area (Å²) in [4.78, 5) is 20.6. The molecule has 1 aliphatic heterocycles. The number of aliphatic hydroxyl groups is 1. The second-order valence-electron chi connectivity index (χ2n) is 7.24. The maximum Gasteiger partial charge on any atom is 0.351 e. The molecular weight excluding hydrogens is 394 g/mol. The Bertz CT molecular complexity index is 1180. The molecule has 0 bridgehead atoms. The first-order chi connectivity index (χ1) is 15.1. The zero-order valence-electron chi connectivity index (χ0n) is 17.2. The molecule has 0 radical (unpaired) electrons. The number of nitrogens with zero attached hydrogens (tertiary/aromatic N) is 3. The largest absolute Gasteiger partial charge is 0.475 e. The van der Waals surface area contributed by atoms with Gasteiger partial charge in [-0.05, 0) is 43.2 Å². The number of aliphatic hydroxyl groups excluding tert-OH is 1. The van der Waals surface area contributed by atoms with Gasteiger partial charge in [-0.15, -0.1) is 0 Å². The molecule has 0 saturated heterocycles. The van der Waals surface area contributed by atoms with Crippen LogP contribution in [-0.4, -0.2) is 45.6 Å². The van der Waals surface area contributed by atoms with Crippen LogP contribution in [0.15, 0.2) is 53.6 Å². The molecule has 1 atom stereocenters. The maximum absolute atomic E-state index is 12.5. The van der Waals surface area contributed by atoms with Crippen molar-refractivity contribution in [3.63, 3.8) is 0 Å². The van der Waals surface area contributed by atoms with Crippen molar-refractivity contribution in [3.8, 4) is 29.0 Å². The molecule has 158 valence electrons. The maximum atomic E-state index is 12.5. The van der Waals surface area contributed by atoms with Gasteiger partial charge in [0.25, 0.3) is 0 Å². The molecule has 1 N–H and O–H groups in total. The number of benzene rings is 1. The fourth-order valence-electron chi connectivity index (χ4n) is 3.44. The van der Waals surface area contributed by atoms with Gasteiger partial charge in [-0.1, -0.05) is 17.9 Å². The van der Waals surface area contributed by atoms with E-state index in [-0.39, 0.29) is 37.5 Å². The first-order valence-corrected chi connectivity index (χ1v) is 10.2. The van der Waals surface area contributed by atoms with Crippen LogP contribution in [0.4, 0.5) is 0 Å². The average molecular weight is 417 g/mol. The highest BCUT2D eigenvalue weighted by Crippen LogP contribution is 2.30. The van der Waals surface area contributed by atoms with E-state index in [4.69, 9.17) is 14.6 Å². The lowest BCUT2D eigenvalue weighted by atomic mass is 9.95. The van der Waals surface area contributed by atoms with Gasteiger partial charge in [0, 0.05) is 41.7 Å². The van der Waals surface area contributed by atoms with Gasteiger partial charge in [-0.3, -0.25) is 9.55 Å². The van der Waals surface area contributed by atoms with Crippen LogP contribution in [0.5, 0.6) is 5.88 Å². The molecule has 7 nitrogen and oxygen atoms in total. The Kier molecular flexibility index (Phi) is 6.41. The summed E-state index contributed by atoms with van der Waals surface area (Å²) in [7, 11) is 0. The number of rotatable bonds is 6. The third-order valence-corrected chi connectivity index (χ3v) is 4.95. The summed E-state index contributed by atoms with van der Waals surface area (Å²) in [6.07, 6.45) is 3.97. The fourth-order valence-corrected chi connectivity index (χ4v) is 3.44. The lowest BCUT2D eigenvalue weighted by Gasteiger charge is -2.22. The van der Waals surface area contributed by atoms with Crippen LogP contribution in [0, 0.1) is 11.8 Å². The van der Waals surface area contributed by atoms with Crippen LogP contribution in [0.3, 0.4) is 0 Å². The summed E-state index contributed by atoms with van der Waals surface area (Å²) >= 11 is 0. The van der Waals surface area contributed by atoms with Crippen molar-refractivity contribution < 1.29 is 14.6 Å². The Morgan fingerprint density at radius 2 is 2.10 bits per heavy atom. The van der Waals surface area contributed by atoms with Crippen LogP contribution in [0.1, 0.15) is 23.6 Å². The number of aryl methyl sites for hydroxylation is 1. The summed E-state index contributed by atoms with van der Waals surface area (Å²) in [5.41, 5.74) is 4.34. The smallest absolute Gasteiger partial charge is 0.351 e. The van der Waals surface area contributed by atoms with Gasteiger partial charge < -0.3 is 14.6 Å². The van der Waals surface area contributed by atoms with Gasteiger partial charge in [-0.2, -0.15) is 4.98 Å². The number of ether oxygens (including phenoxy) is 2. The molecule has 3 aromatic rings. The molecule has 0 amide bonds. The third-order valence-electron chi connectivity index (χ3n) is 4.95. The average Bonchev–Trinajstić information content (AvgIpc) is 2.80. The first-order valence-electron chi connectivity index (χ1n) is 10.2. The molecule has 0 saturated carbocycles. The second kappa shape index (κ2) is 9.56. The van der Waals surface area contributed by atoms with Crippen molar-refractivity contribution in [2.24, 2.45) is 0 Å². The highest BCUT2D eigenvalue weighted by Gasteiger charge is 2.19. The van der Waals surface area contributed by atoms with E-state index in [1.807, 2.05) is 31.2 Å². The Balaban J connectivity index is 1.58. The van der Waals surface area contributed by atoms with Gasteiger partial charge in [0.1, 0.15) is 6.61 Å². The van der Waals surface area contributed by atoms with Crippen molar-refractivity contribution >= 4 is 0 Å². The van der Waals surface area contributed by atoms with Crippen LogP contribution < -0.4 is 10.4 Å². The van der Waals surface area contributed by atoms with Gasteiger partial charge in [0.05, 0.1) is 25.0 Å². The van der Waals surface area contributed by atoms with E-state index in [1.54, 1.807) is 23.0 Å². The molecule has 1 aromatic carbocycles. The van der Waals surface area contributed by atoms with E-state index in [2.05, 4.69) is 27.9 Å². The molecule has 31 heavy (non-hydrogen) atoms. The van der Waals surface area contributed by atoms with Crippen LogP contribution in [0.2, 0.25) is 0 Å². The molecule has 1 unspecified atom stereocenters. The minimum atomic E-state index is -0.331. The summed E-state index contributed by atoms with van der Waals surface area (Å²) in [5, 5.41) is 8.84. The summed E-state index contributed by atoms with van der Waals surface area (Å²) < 4.78 is 12.7. The number of aromatic nitrogens is 3. The summed E-state index contributed by atoms with van der Waals surface area (Å²) in [6, 6.07) is 11.6. The molecule has 0 spiro atoms. The normalized spacial score (nSPS) is 12.8. The SMILES string of the molecule is CC(COc1cc2n(c(=O)n1)CCc1cc(C#Cc3cccnc3)ccc1-2)OCCO. The topological polar surface area (TPSA) is 86.5 Å². The standard InChI is InChI=1S/C24H23N3O4/c1-17(30-12-11-28)16-31-23-14-22-21-7-6-18(4-5-19-3-2-9-25-15-19)13-20(21)8-10-27(22)24(29)26-23/h2-3,6-7,9,13-15,17,28H,8,10-12,16H2,1H3. The molecule has 2 aromatic heterocycles. The van der Waals surface area contributed by atoms with Crippen LogP contribution >= 0.6 is 0 Å². The lowest BCUT2D eigenvalue weighted by Crippen LogP contribution is -2.29. The first kappa shape index (κ1) is 20.8. The zero-order chi connectivity index (χ0) is 21.6. The number of fused-ring (bicyclic) bond motifs is 3. The van der Waals surface area contributed by atoms with Crippen molar-refractivity contribution in [1.82, 2.24) is 14.5 Å². The van der Waals surface area contributed by atoms with Crippen LogP contribution in [0.25, 0.3) is 11.3 Å². The lowest BCUT2D eigenvalue weighted by molar-refractivity contribution is 0.0122. The predicted octanol–water partition coefficient (Wildman–Crippen LogP) is 2.04. The van der Waals surface area contributed by atoms with Crippen molar-refractivity contribution in [1.29, 1.82) is 0 Å². The second-order valence-corrected chi connectivity index (χ2v) is 7.24. The van der Waals surface area contributed by atoms with Gasteiger partial charge in [0.2, 0.25) is 5.88 Å². The molecule has 4 rings (SSSR count). The number of hydrogen-bond donors (Lipinski definition) is 1. The monoisotopic (exact) mass is 417 g/mol. The van der Waals surface area contributed by atoms with Crippen molar-refractivity contribution in [3.05, 3.63) is 76.0 Å². The summed E-state index contributed by atoms with van der Waals surface area (Å²) in [6.45, 7) is 2.83. The molecule has 0 aliphatic carbocycles. The van der Waals surface area contributed by atoms with E-state index in [9.17, 15) is 4.79 Å². The van der Waals surface area contributed by atoms with Crippen molar-refractivity contribution in [2.45, 2.75) is 26.0 Å². The highest BCUT2D eigenvalue weighted by molar-refractivity contribution is 5.68. The minimum absolute atomic E-state index is 0.0475. The zero-order valence-corrected chi connectivity index (χ0v) is 17.2. The van der Waals surface area contributed by atoms with E-state index in [0.29, 0.717) is 6.54 Å². The highest BCUT2D eigenvalue weighted by atomic mass is 16.5. The van der Waals surface area contributed by atoms with E-state index in [1.165, 1.54) is 0 Å². The molecule has 1 aliphatic rings. The van der Waals surface area contributed by atoms with Gasteiger partial charge in [-0.25, -0.2) is 4.79 Å². The van der Waals surface area contributed by atoms with E-state index >= 15 is 0 Å².